The van der Waals surface area contributed by atoms with Crippen molar-refractivity contribution in [3.8, 4) is 0 Å². The van der Waals surface area contributed by atoms with Gasteiger partial charge in [0.2, 0.25) is 0 Å². The molecule has 0 saturated heterocycles. The molecule has 0 aromatic carbocycles. The van der Waals surface area contributed by atoms with Crippen LogP contribution in [0.5, 0.6) is 0 Å². The molecule has 0 aliphatic carbocycles. The van der Waals surface area contributed by atoms with E-state index in [2.05, 4.69) is 4.72 Å². The second kappa shape index (κ2) is 5.79. The molecular formula is C9H22N2O3S. The lowest BCUT2D eigenvalue weighted by atomic mass is 9.84. The van der Waals surface area contributed by atoms with Crippen molar-refractivity contribution in [2.45, 2.75) is 26.7 Å². The van der Waals surface area contributed by atoms with Crippen molar-refractivity contribution in [3.63, 3.8) is 0 Å². The smallest absolute Gasteiger partial charge is 0.278 e. The van der Waals surface area contributed by atoms with Crippen molar-refractivity contribution < 1.29 is 13.5 Å². The largest absolute Gasteiger partial charge is 0.396 e. The molecule has 0 aromatic rings. The van der Waals surface area contributed by atoms with Crippen LogP contribution in [0.15, 0.2) is 0 Å². The zero-order valence-corrected chi connectivity index (χ0v) is 10.8. The quantitative estimate of drug-likeness (QED) is 0.665. The van der Waals surface area contributed by atoms with Crippen molar-refractivity contribution >= 4 is 10.2 Å². The highest BCUT2D eigenvalue weighted by atomic mass is 32.2. The summed E-state index contributed by atoms with van der Waals surface area (Å²) in [5.41, 5.74) is -0.344. The van der Waals surface area contributed by atoms with Gasteiger partial charge in [-0.05, 0) is 12.8 Å². The van der Waals surface area contributed by atoms with E-state index in [0.29, 0.717) is 0 Å². The Morgan fingerprint density at radius 1 is 1.27 bits per heavy atom. The predicted octanol–water partition coefficient (Wildman–Crippen LogP) is 0.181. The first-order chi connectivity index (χ1) is 6.83. The Morgan fingerprint density at radius 2 is 1.73 bits per heavy atom. The Kier molecular flexibility index (Phi) is 5.72. The van der Waals surface area contributed by atoms with Crippen LogP contribution in [0.3, 0.4) is 0 Å². The van der Waals surface area contributed by atoms with Crippen molar-refractivity contribution in [1.82, 2.24) is 9.03 Å². The van der Waals surface area contributed by atoms with Gasteiger partial charge in [-0.25, -0.2) is 4.72 Å². The lowest BCUT2D eigenvalue weighted by Gasteiger charge is -2.29. The fourth-order valence-electron chi connectivity index (χ4n) is 1.15. The lowest BCUT2D eigenvalue weighted by molar-refractivity contribution is 0.119. The molecule has 0 rings (SSSR count). The molecule has 15 heavy (non-hydrogen) atoms. The minimum absolute atomic E-state index is 0.00402. The van der Waals surface area contributed by atoms with Crippen LogP contribution in [0, 0.1) is 5.41 Å². The van der Waals surface area contributed by atoms with E-state index in [-0.39, 0.29) is 18.6 Å². The summed E-state index contributed by atoms with van der Waals surface area (Å²) in [6, 6.07) is 0. The monoisotopic (exact) mass is 238 g/mol. The van der Waals surface area contributed by atoms with Crippen LogP contribution in [-0.4, -0.2) is 45.1 Å². The molecule has 6 heteroatoms. The molecule has 2 N–H and O–H groups in total. The van der Waals surface area contributed by atoms with Crippen LogP contribution in [-0.2, 0) is 10.2 Å². The Labute approximate surface area is 92.7 Å². The minimum atomic E-state index is -3.39. The van der Waals surface area contributed by atoms with Gasteiger partial charge in [0.25, 0.3) is 10.2 Å². The topological polar surface area (TPSA) is 69.6 Å². The molecule has 92 valence electrons. The average Bonchev–Trinajstić information content (AvgIpc) is 2.20. The first-order valence-electron chi connectivity index (χ1n) is 5.11. The van der Waals surface area contributed by atoms with Crippen LogP contribution in [0.4, 0.5) is 0 Å². The molecule has 0 aromatic heterocycles. The van der Waals surface area contributed by atoms with Gasteiger partial charge in [-0.15, -0.1) is 0 Å². The predicted molar refractivity (Wildman–Crippen MR) is 60.7 cm³/mol. The highest BCUT2D eigenvalue weighted by molar-refractivity contribution is 7.87. The Morgan fingerprint density at radius 3 is 2.00 bits per heavy atom. The molecule has 0 aliphatic heterocycles. The number of aliphatic hydroxyl groups is 1. The molecule has 0 amide bonds. The maximum atomic E-state index is 11.5. The summed E-state index contributed by atoms with van der Waals surface area (Å²) in [4.78, 5) is 0. The number of nitrogens with zero attached hydrogens (tertiary/aromatic N) is 1. The van der Waals surface area contributed by atoms with Gasteiger partial charge in [0.05, 0.1) is 0 Å². The van der Waals surface area contributed by atoms with Gasteiger partial charge in [-0.1, -0.05) is 13.8 Å². The van der Waals surface area contributed by atoms with Crippen molar-refractivity contribution in [3.05, 3.63) is 0 Å². The van der Waals surface area contributed by atoms with E-state index in [1.54, 1.807) is 0 Å². The SMILES string of the molecule is CCC(CC)(CO)CNS(=O)(=O)N(C)C. The Bertz CT molecular complexity index is 263. The van der Waals surface area contributed by atoms with Gasteiger partial charge >= 0.3 is 0 Å². The number of hydrogen-bond donors (Lipinski definition) is 2. The highest BCUT2D eigenvalue weighted by Gasteiger charge is 2.27. The van der Waals surface area contributed by atoms with E-state index in [0.717, 1.165) is 17.1 Å². The zero-order chi connectivity index (χ0) is 12.1. The fraction of sp³-hybridized carbons (Fsp3) is 1.00. The van der Waals surface area contributed by atoms with Crippen LogP contribution < -0.4 is 4.72 Å². The average molecular weight is 238 g/mol. The van der Waals surface area contributed by atoms with Crippen LogP contribution in [0.2, 0.25) is 0 Å². The number of hydrogen-bond acceptors (Lipinski definition) is 3. The summed E-state index contributed by atoms with van der Waals surface area (Å²) in [6.45, 7) is 4.17. The normalized spacial score (nSPS) is 13.5. The third-order valence-corrected chi connectivity index (χ3v) is 4.42. The highest BCUT2D eigenvalue weighted by Crippen LogP contribution is 2.24. The van der Waals surface area contributed by atoms with Gasteiger partial charge in [0.1, 0.15) is 0 Å². The van der Waals surface area contributed by atoms with E-state index < -0.39 is 10.2 Å². The van der Waals surface area contributed by atoms with Gasteiger partial charge in [-0.2, -0.15) is 12.7 Å². The van der Waals surface area contributed by atoms with Crippen LogP contribution >= 0.6 is 0 Å². The summed E-state index contributed by atoms with van der Waals surface area (Å²) in [6.07, 6.45) is 1.49. The summed E-state index contributed by atoms with van der Waals surface area (Å²) in [7, 11) is -0.443. The minimum Gasteiger partial charge on any atom is -0.396 e. The van der Waals surface area contributed by atoms with Crippen molar-refractivity contribution in [2.75, 3.05) is 27.2 Å². The molecule has 0 bridgehead atoms. The van der Waals surface area contributed by atoms with Gasteiger partial charge in [0, 0.05) is 32.7 Å². The van der Waals surface area contributed by atoms with Gasteiger partial charge in [0.15, 0.2) is 0 Å². The number of nitrogens with one attached hydrogen (secondary N) is 1. The standard InChI is InChI=1S/C9H22N2O3S/c1-5-9(6-2,8-12)7-10-15(13,14)11(3)4/h10,12H,5-8H2,1-4H3. The second-order valence-electron chi connectivity index (χ2n) is 3.97. The lowest BCUT2D eigenvalue weighted by Crippen LogP contribution is -2.43. The molecule has 0 radical (unpaired) electrons. The molecule has 0 fully saturated rings. The maximum absolute atomic E-state index is 11.5. The van der Waals surface area contributed by atoms with Gasteiger partial charge in [-0.3, -0.25) is 0 Å². The first-order valence-corrected chi connectivity index (χ1v) is 6.55. The van der Waals surface area contributed by atoms with Gasteiger partial charge < -0.3 is 5.11 Å². The fourth-order valence-corrected chi connectivity index (χ4v) is 1.90. The van der Waals surface area contributed by atoms with E-state index >= 15 is 0 Å². The summed E-state index contributed by atoms with van der Waals surface area (Å²) < 4.78 is 26.5. The van der Waals surface area contributed by atoms with Crippen LogP contribution in [0.1, 0.15) is 26.7 Å². The molecule has 0 heterocycles. The molecule has 0 saturated carbocycles. The molecule has 0 unspecified atom stereocenters. The zero-order valence-electron chi connectivity index (χ0n) is 9.95. The molecular weight excluding hydrogens is 216 g/mol. The van der Waals surface area contributed by atoms with E-state index in [4.69, 9.17) is 0 Å². The van der Waals surface area contributed by atoms with Crippen molar-refractivity contribution in [2.24, 2.45) is 5.41 Å². The molecule has 0 spiro atoms. The third kappa shape index (κ3) is 4.06. The first kappa shape index (κ1) is 14.8. The Hall–Kier alpha value is -0.170. The van der Waals surface area contributed by atoms with Crippen molar-refractivity contribution in [1.29, 1.82) is 0 Å². The summed E-state index contributed by atoms with van der Waals surface area (Å²) in [5, 5.41) is 9.26. The number of rotatable bonds is 7. The van der Waals surface area contributed by atoms with Crippen LogP contribution in [0.25, 0.3) is 0 Å². The summed E-state index contributed by atoms with van der Waals surface area (Å²) in [5.74, 6) is 0. The molecule has 0 atom stereocenters. The van der Waals surface area contributed by atoms with E-state index in [1.165, 1.54) is 14.1 Å². The Balaban J connectivity index is 4.48. The van der Waals surface area contributed by atoms with E-state index in [9.17, 15) is 13.5 Å². The molecule has 0 aliphatic rings. The molecule has 5 nitrogen and oxygen atoms in total. The maximum Gasteiger partial charge on any atom is 0.278 e. The van der Waals surface area contributed by atoms with E-state index in [1.807, 2.05) is 13.8 Å². The number of aliphatic hydroxyl groups excluding tert-OH is 1. The third-order valence-electron chi connectivity index (χ3n) is 2.95. The summed E-state index contributed by atoms with van der Waals surface area (Å²) >= 11 is 0. The second-order valence-corrected chi connectivity index (χ2v) is 5.94.